The highest BCUT2D eigenvalue weighted by atomic mass is 32.7. The lowest BCUT2D eigenvalue weighted by Crippen LogP contribution is -1.73. The van der Waals surface area contributed by atoms with Crippen molar-refractivity contribution in [3.63, 3.8) is 0 Å². The predicted octanol–water partition coefficient (Wildman–Crippen LogP) is 3.33. The van der Waals surface area contributed by atoms with Gasteiger partial charge in [0.2, 0.25) is 0 Å². The van der Waals surface area contributed by atoms with Crippen LogP contribution in [0.2, 0.25) is 0 Å². The van der Waals surface area contributed by atoms with Gasteiger partial charge in [0.15, 0.2) is 0 Å². The van der Waals surface area contributed by atoms with Crippen molar-refractivity contribution in [2.24, 2.45) is 0 Å². The molecule has 3 heteroatoms. The van der Waals surface area contributed by atoms with Crippen LogP contribution in [0.5, 0.6) is 0 Å². The van der Waals surface area contributed by atoms with Crippen molar-refractivity contribution in [2.75, 3.05) is 0 Å². The first-order chi connectivity index (χ1) is 4.93. The van der Waals surface area contributed by atoms with Crippen LogP contribution in [0, 0.1) is 0 Å². The Kier molecular flexibility index (Phi) is 6.83. The summed E-state index contributed by atoms with van der Waals surface area (Å²) in [5.41, 5.74) is 1.38. The van der Waals surface area contributed by atoms with Gasteiger partial charge in [0.25, 0.3) is 0 Å². The van der Waals surface area contributed by atoms with Gasteiger partial charge in [0.05, 0.1) is 0 Å². The molecule has 0 bridgehead atoms. The Balaban J connectivity index is 0.000001000. The second-order valence-corrected chi connectivity index (χ2v) is 4.24. The maximum atomic E-state index is 3.74. The Labute approximate surface area is 80.4 Å². The molecule has 0 atom stereocenters. The van der Waals surface area contributed by atoms with Gasteiger partial charge in [-0.3, -0.25) is 0 Å². The molecule has 0 heterocycles. The molecule has 0 saturated carbocycles. The summed E-state index contributed by atoms with van der Waals surface area (Å²) in [6.45, 7) is 0. The van der Waals surface area contributed by atoms with Crippen LogP contribution in [0.25, 0.3) is 0 Å². The van der Waals surface area contributed by atoms with Crippen LogP contribution < -0.4 is 0 Å². The highest BCUT2D eigenvalue weighted by molar-refractivity contribution is 8.47. The summed E-state index contributed by atoms with van der Waals surface area (Å²) < 4.78 is 0. The molecule has 1 aromatic carbocycles. The Morgan fingerprint density at radius 2 is 1.91 bits per heavy atom. The summed E-state index contributed by atoms with van der Waals surface area (Å²) in [6.07, 6.45) is 3.74. The fourth-order valence-electron chi connectivity index (χ4n) is 0.694. The normalized spacial score (nSPS) is 9.09. The van der Waals surface area contributed by atoms with Gasteiger partial charge >= 0.3 is 0 Å². The Hall–Kier alpha value is 0.0900. The van der Waals surface area contributed by atoms with Crippen molar-refractivity contribution in [1.82, 2.24) is 0 Å². The number of hydrogen-bond acceptors (Lipinski definition) is 1. The summed E-state index contributed by atoms with van der Waals surface area (Å²) in [5.74, 6) is 1.08. The van der Waals surface area contributed by atoms with Gasteiger partial charge in [-0.05, 0) is 13.0 Å². The van der Waals surface area contributed by atoms with E-state index in [1.54, 1.807) is 0 Å². The molecule has 60 valence electrons. The molecule has 0 saturated heterocycles. The Morgan fingerprint density at radius 3 is 2.45 bits per heavy atom. The zero-order chi connectivity index (χ0) is 7.23. The smallest absolute Gasteiger partial charge is 0.0270 e. The molecule has 0 spiro atoms. The van der Waals surface area contributed by atoms with Crippen molar-refractivity contribution < 1.29 is 0 Å². The summed E-state index contributed by atoms with van der Waals surface area (Å²) in [7, 11) is 1.16. The van der Waals surface area contributed by atoms with Gasteiger partial charge in [0, 0.05) is 5.75 Å². The minimum Gasteiger partial charge on any atom is -0.197 e. The third kappa shape index (κ3) is 4.52. The van der Waals surface area contributed by atoms with E-state index >= 15 is 0 Å². The van der Waals surface area contributed by atoms with Crippen molar-refractivity contribution in [2.45, 2.75) is 5.75 Å². The van der Waals surface area contributed by atoms with Crippen LogP contribution in [-0.2, 0) is 5.75 Å². The van der Waals surface area contributed by atoms with Gasteiger partial charge in [-0.25, -0.2) is 0 Å². The van der Waals surface area contributed by atoms with Gasteiger partial charge in [-0.2, -0.15) is 13.5 Å². The molecule has 1 rings (SSSR count). The Bertz CT molecular complexity index is 199. The first-order valence-corrected chi connectivity index (χ1v) is 5.72. The van der Waals surface area contributed by atoms with Crippen molar-refractivity contribution >= 4 is 38.6 Å². The van der Waals surface area contributed by atoms with Gasteiger partial charge in [-0.15, -0.1) is 0 Å². The molecule has 0 amide bonds. The van der Waals surface area contributed by atoms with Crippen molar-refractivity contribution in [1.29, 1.82) is 0 Å². The largest absolute Gasteiger partial charge is 0.197 e. The molecule has 0 aromatic heterocycles. The van der Waals surface area contributed by atoms with Crippen LogP contribution in [0.1, 0.15) is 5.56 Å². The summed E-state index contributed by atoms with van der Waals surface area (Å²) >= 11 is 1.82. The number of benzene rings is 1. The van der Waals surface area contributed by atoms with E-state index in [-0.39, 0.29) is 13.5 Å². The van der Waals surface area contributed by atoms with Crippen molar-refractivity contribution in [3.05, 3.63) is 35.9 Å². The zero-order valence-corrected chi connectivity index (χ0v) is 8.87. The highest BCUT2D eigenvalue weighted by Crippen LogP contribution is 2.21. The van der Waals surface area contributed by atoms with E-state index in [2.05, 4.69) is 30.6 Å². The second kappa shape index (κ2) is 6.78. The fourth-order valence-corrected chi connectivity index (χ4v) is 1.85. The molecule has 1 aromatic rings. The third-order valence-corrected chi connectivity index (χ3v) is 2.75. The summed E-state index contributed by atoms with van der Waals surface area (Å²) in [5, 5.41) is 0. The maximum Gasteiger partial charge on any atom is 0.0270 e. The number of rotatable bonds is 3. The average molecular weight is 202 g/mol. The minimum atomic E-state index is 0. The highest BCUT2D eigenvalue weighted by Gasteiger charge is 1.86. The lowest BCUT2D eigenvalue weighted by molar-refractivity contribution is 1.43. The first kappa shape index (κ1) is 11.1. The SMILES string of the molecule is C=PSCc1ccccc1.S. The molecule has 0 aliphatic heterocycles. The van der Waals surface area contributed by atoms with Gasteiger partial charge < -0.3 is 0 Å². The molecule has 0 aliphatic carbocycles. The predicted molar refractivity (Wildman–Crippen MR) is 62.2 cm³/mol. The number of hydrogen-bond donors (Lipinski definition) is 0. The van der Waals surface area contributed by atoms with E-state index in [9.17, 15) is 0 Å². The van der Waals surface area contributed by atoms with Crippen molar-refractivity contribution in [3.8, 4) is 0 Å². The first-order valence-electron chi connectivity index (χ1n) is 3.05. The van der Waals surface area contributed by atoms with Crippen LogP contribution in [0.4, 0.5) is 0 Å². The third-order valence-electron chi connectivity index (χ3n) is 1.17. The van der Waals surface area contributed by atoms with Crippen LogP contribution >= 0.6 is 32.3 Å². The monoisotopic (exact) mass is 202 g/mol. The summed E-state index contributed by atoms with van der Waals surface area (Å²) in [6, 6.07) is 10.4. The second-order valence-electron chi connectivity index (χ2n) is 1.89. The lowest BCUT2D eigenvalue weighted by Gasteiger charge is -1.93. The van der Waals surface area contributed by atoms with Gasteiger partial charge in [-0.1, -0.05) is 48.0 Å². The molecule has 11 heavy (non-hydrogen) atoms. The average Bonchev–Trinajstić information content (AvgIpc) is 2.03. The molecule has 0 nitrogen and oxygen atoms in total. The topological polar surface area (TPSA) is 0 Å². The van der Waals surface area contributed by atoms with Gasteiger partial charge in [0.1, 0.15) is 0 Å². The zero-order valence-electron chi connectivity index (χ0n) is 6.16. The van der Waals surface area contributed by atoms with Crippen LogP contribution in [0.15, 0.2) is 30.3 Å². The quantitative estimate of drug-likeness (QED) is 0.677. The van der Waals surface area contributed by atoms with E-state index in [0.717, 1.165) is 13.2 Å². The summed E-state index contributed by atoms with van der Waals surface area (Å²) in [4.78, 5) is 0. The van der Waals surface area contributed by atoms with E-state index in [1.165, 1.54) is 5.56 Å². The Morgan fingerprint density at radius 1 is 1.27 bits per heavy atom. The van der Waals surface area contributed by atoms with Crippen LogP contribution in [-0.4, -0.2) is 6.30 Å². The fraction of sp³-hybridized carbons (Fsp3) is 0.125. The molecular weight excluding hydrogens is 191 g/mol. The minimum absolute atomic E-state index is 0. The van der Waals surface area contributed by atoms with E-state index in [1.807, 2.05) is 17.4 Å². The molecule has 0 aliphatic rings. The standard InChI is InChI=1S/C8H9PS.H2S/c1-9-10-7-8-5-3-2-4-6-8;/h2-6H,1,7H2;1H2. The lowest BCUT2D eigenvalue weighted by atomic mass is 10.2. The maximum absolute atomic E-state index is 3.74. The molecular formula is C8H11PS2. The molecule has 0 fully saturated rings. The van der Waals surface area contributed by atoms with E-state index < -0.39 is 0 Å². The molecule has 0 N–H and O–H groups in total. The van der Waals surface area contributed by atoms with E-state index in [4.69, 9.17) is 0 Å². The molecule has 0 unspecified atom stereocenters. The van der Waals surface area contributed by atoms with Crippen LogP contribution in [0.3, 0.4) is 0 Å². The van der Waals surface area contributed by atoms with E-state index in [0.29, 0.717) is 0 Å². The molecule has 0 radical (unpaired) electrons.